The molecule has 3 aromatic rings. The molecule has 1 aromatic heterocycles. The smallest absolute Gasteiger partial charge is 0.0653 e. The van der Waals surface area contributed by atoms with Gasteiger partial charge in [-0.2, -0.15) is 5.10 Å². The average Bonchev–Trinajstić information content (AvgIpc) is 3.14. The SMILES string of the molecule is c1ccc2c(c1)CC1CN(Cc3ccc4cn[nH]c4c3)CCCN21. The molecule has 0 radical (unpaired) electrons. The van der Waals surface area contributed by atoms with Crippen molar-refractivity contribution < 1.29 is 0 Å². The van der Waals surface area contributed by atoms with Crippen molar-refractivity contribution in [3.05, 3.63) is 59.8 Å². The van der Waals surface area contributed by atoms with Crippen LogP contribution in [-0.4, -0.2) is 40.8 Å². The maximum atomic E-state index is 4.13. The van der Waals surface area contributed by atoms with Crippen molar-refractivity contribution in [3.63, 3.8) is 0 Å². The van der Waals surface area contributed by atoms with E-state index in [1.165, 1.54) is 48.1 Å². The van der Waals surface area contributed by atoms with Crippen molar-refractivity contribution in [1.29, 1.82) is 0 Å². The molecule has 24 heavy (non-hydrogen) atoms. The van der Waals surface area contributed by atoms with E-state index in [9.17, 15) is 0 Å². The van der Waals surface area contributed by atoms with E-state index >= 15 is 0 Å². The molecule has 1 atom stereocenters. The molecule has 4 heteroatoms. The normalized spacial score (nSPS) is 20.8. The minimum Gasteiger partial charge on any atom is -0.367 e. The number of anilines is 1. The van der Waals surface area contributed by atoms with Gasteiger partial charge < -0.3 is 4.90 Å². The number of rotatable bonds is 2. The standard InChI is InChI=1S/C20H22N4/c1-2-5-20-16(4-1)11-18-14-23(8-3-9-24(18)20)13-15-6-7-17-12-21-22-19(17)10-15/h1-2,4-7,10,12,18H,3,8-9,11,13-14H2,(H,21,22). The van der Waals surface area contributed by atoms with Crippen molar-refractivity contribution in [1.82, 2.24) is 15.1 Å². The van der Waals surface area contributed by atoms with Gasteiger partial charge in [0.2, 0.25) is 0 Å². The van der Waals surface area contributed by atoms with Crippen molar-refractivity contribution in [2.75, 3.05) is 24.5 Å². The van der Waals surface area contributed by atoms with Crippen LogP contribution >= 0.6 is 0 Å². The summed E-state index contributed by atoms with van der Waals surface area (Å²) in [5.41, 5.74) is 5.49. The lowest BCUT2D eigenvalue weighted by atomic mass is 10.1. The summed E-state index contributed by atoms with van der Waals surface area (Å²) in [6.07, 6.45) is 4.31. The number of benzene rings is 2. The molecule has 3 heterocycles. The monoisotopic (exact) mass is 318 g/mol. The molecule has 2 aliphatic rings. The highest BCUT2D eigenvalue weighted by Gasteiger charge is 2.32. The summed E-state index contributed by atoms with van der Waals surface area (Å²) < 4.78 is 0. The topological polar surface area (TPSA) is 35.2 Å². The van der Waals surface area contributed by atoms with E-state index in [-0.39, 0.29) is 0 Å². The zero-order valence-electron chi connectivity index (χ0n) is 13.8. The molecule has 4 nitrogen and oxygen atoms in total. The Kier molecular flexibility index (Phi) is 3.30. The molecule has 1 N–H and O–H groups in total. The largest absolute Gasteiger partial charge is 0.367 e. The Morgan fingerprint density at radius 3 is 3.08 bits per heavy atom. The van der Waals surface area contributed by atoms with Crippen LogP contribution in [0.4, 0.5) is 5.69 Å². The van der Waals surface area contributed by atoms with Crippen LogP contribution in [0, 0.1) is 0 Å². The first-order chi connectivity index (χ1) is 11.9. The first kappa shape index (κ1) is 14.1. The molecular weight excluding hydrogens is 296 g/mol. The first-order valence-electron chi connectivity index (χ1n) is 8.86. The van der Waals surface area contributed by atoms with Crippen LogP contribution < -0.4 is 4.90 Å². The summed E-state index contributed by atoms with van der Waals surface area (Å²) in [5.74, 6) is 0. The van der Waals surface area contributed by atoms with Crippen LogP contribution in [0.15, 0.2) is 48.7 Å². The van der Waals surface area contributed by atoms with Gasteiger partial charge in [0.05, 0.1) is 11.7 Å². The fraction of sp³-hybridized carbons (Fsp3) is 0.350. The zero-order chi connectivity index (χ0) is 15.9. The minimum absolute atomic E-state index is 0.626. The second-order valence-electron chi connectivity index (χ2n) is 7.06. The fourth-order valence-corrected chi connectivity index (χ4v) is 4.33. The van der Waals surface area contributed by atoms with Gasteiger partial charge in [-0.05, 0) is 36.1 Å². The lowest BCUT2D eigenvalue weighted by molar-refractivity contribution is 0.265. The molecule has 2 aliphatic heterocycles. The van der Waals surface area contributed by atoms with E-state index in [0.717, 1.165) is 18.6 Å². The lowest BCUT2D eigenvalue weighted by Gasteiger charge is -2.27. The number of aromatic amines is 1. The van der Waals surface area contributed by atoms with Crippen LogP contribution in [0.3, 0.4) is 0 Å². The second kappa shape index (κ2) is 5.64. The number of hydrogen-bond donors (Lipinski definition) is 1. The first-order valence-corrected chi connectivity index (χ1v) is 8.86. The third-order valence-electron chi connectivity index (χ3n) is 5.45. The molecule has 2 aromatic carbocycles. The summed E-state index contributed by atoms with van der Waals surface area (Å²) in [5, 5.41) is 8.39. The quantitative estimate of drug-likeness (QED) is 0.788. The van der Waals surface area contributed by atoms with Gasteiger partial charge in [-0.3, -0.25) is 10.00 Å². The van der Waals surface area contributed by atoms with E-state index in [4.69, 9.17) is 0 Å². The Bertz CT molecular complexity index is 869. The van der Waals surface area contributed by atoms with Gasteiger partial charge in [-0.15, -0.1) is 0 Å². The summed E-state index contributed by atoms with van der Waals surface area (Å²) in [6, 6.07) is 16.2. The van der Waals surface area contributed by atoms with Gasteiger partial charge in [0.25, 0.3) is 0 Å². The van der Waals surface area contributed by atoms with Gasteiger partial charge in [0.15, 0.2) is 0 Å². The molecule has 0 aliphatic carbocycles. The third-order valence-corrected chi connectivity index (χ3v) is 5.45. The van der Waals surface area contributed by atoms with Crippen molar-refractivity contribution in [2.45, 2.75) is 25.4 Å². The molecule has 0 saturated carbocycles. The Balaban J connectivity index is 1.35. The number of hydrogen-bond acceptors (Lipinski definition) is 3. The predicted octanol–water partition coefficient (Wildman–Crippen LogP) is 3.20. The van der Waals surface area contributed by atoms with Gasteiger partial charge in [-0.25, -0.2) is 0 Å². The average molecular weight is 318 g/mol. The molecule has 0 spiro atoms. The Morgan fingerprint density at radius 2 is 2.08 bits per heavy atom. The molecule has 1 unspecified atom stereocenters. The maximum Gasteiger partial charge on any atom is 0.0653 e. The van der Waals surface area contributed by atoms with Gasteiger partial charge in [0, 0.05) is 43.3 Å². The summed E-state index contributed by atoms with van der Waals surface area (Å²) in [7, 11) is 0. The Morgan fingerprint density at radius 1 is 1.12 bits per heavy atom. The minimum atomic E-state index is 0.626. The summed E-state index contributed by atoms with van der Waals surface area (Å²) >= 11 is 0. The number of fused-ring (bicyclic) bond motifs is 4. The lowest BCUT2D eigenvalue weighted by Crippen LogP contribution is -2.38. The van der Waals surface area contributed by atoms with Crippen molar-refractivity contribution in [2.24, 2.45) is 0 Å². The molecule has 5 rings (SSSR count). The predicted molar refractivity (Wildman–Crippen MR) is 97.3 cm³/mol. The van der Waals surface area contributed by atoms with Crippen molar-refractivity contribution >= 4 is 16.6 Å². The Hall–Kier alpha value is -2.33. The van der Waals surface area contributed by atoms with Gasteiger partial charge in [-0.1, -0.05) is 30.3 Å². The van der Waals surface area contributed by atoms with Crippen LogP contribution in [-0.2, 0) is 13.0 Å². The number of nitrogens with zero attached hydrogens (tertiary/aromatic N) is 3. The van der Waals surface area contributed by atoms with E-state index in [1.54, 1.807) is 0 Å². The highest BCUT2D eigenvalue weighted by molar-refractivity contribution is 5.78. The highest BCUT2D eigenvalue weighted by atomic mass is 15.3. The number of nitrogens with one attached hydrogen (secondary N) is 1. The molecule has 1 fully saturated rings. The van der Waals surface area contributed by atoms with E-state index < -0.39 is 0 Å². The molecule has 1 saturated heterocycles. The number of para-hydroxylation sites is 1. The van der Waals surface area contributed by atoms with Crippen LogP contribution in [0.2, 0.25) is 0 Å². The zero-order valence-corrected chi connectivity index (χ0v) is 13.8. The maximum absolute atomic E-state index is 4.13. The van der Waals surface area contributed by atoms with E-state index in [2.05, 4.69) is 62.5 Å². The van der Waals surface area contributed by atoms with E-state index in [1.807, 2.05) is 6.20 Å². The summed E-state index contributed by atoms with van der Waals surface area (Å²) in [6.45, 7) is 4.53. The van der Waals surface area contributed by atoms with E-state index in [0.29, 0.717) is 6.04 Å². The van der Waals surface area contributed by atoms with Crippen LogP contribution in [0.25, 0.3) is 10.9 Å². The molecule has 122 valence electrons. The molecular formula is C20H22N4. The number of aromatic nitrogens is 2. The summed E-state index contributed by atoms with van der Waals surface area (Å²) in [4.78, 5) is 5.25. The van der Waals surface area contributed by atoms with Gasteiger partial charge >= 0.3 is 0 Å². The fourth-order valence-electron chi connectivity index (χ4n) is 4.33. The van der Waals surface area contributed by atoms with Crippen LogP contribution in [0.1, 0.15) is 17.5 Å². The van der Waals surface area contributed by atoms with Crippen molar-refractivity contribution in [3.8, 4) is 0 Å². The van der Waals surface area contributed by atoms with Crippen LogP contribution in [0.5, 0.6) is 0 Å². The van der Waals surface area contributed by atoms with Gasteiger partial charge in [0.1, 0.15) is 0 Å². The third kappa shape index (κ3) is 2.38. The Labute approximate surface area is 142 Å². The number of H-pyrrole nitrogens is 1. The molecule has 0 amide bonds. The highest BCUT2D eigenvalue weighted by Crippen LogP contribution is 2.33. The molecule has 0 bridgehead atoms. The second-order valence-corrected chi connectivity index (χ2v) is 7.06.